The summed E-state index contributed by atoms with van der Waals surface area (Å²) in [5, 5.41) is 4.06. The molecule has 78 valence electrons. The van der Waals surface area contributed by atoms with Gasteiger partial charge in [0.15, 0.2) is 0 Å². The average Bonchev–Trinajstić information content (AvgIpc) is 2.60. The second-order valence-corrected chi connectivity index (χ2v) is 3.87. The van der Waals surface area contributed by atoms with E-state index >= 15 is 0 Å². The second kappa shape index (κ2) is 3.82. The minimum absolute atomic E-state index is 0.459. The maximum absolute atomic E-state index is 10.4. The average molecular weight is 203 g/mol. The van der Waals surface area contributed by atoms with Crippen molar-refractivity contribution in [1.82, 2.24) is 9.88 Å². The molecule has 0 amide bonds. The molecule has 4 nitrogen and oxygen atoms in total. The Bertz CT molecular complexity index is 488. The van der Waals surface area contributed by atoms with E-state index in [1.54, 1.807) is 12.1 Å². The van der Waals surface area contributed by atoms with Gasteiger partial charge in [0, 0.05) is 23.6 Å². The van der Waals surface area contributed by atoms with Crippen molar-refractivity contribution in [3.63, 3.8) is 0 Å². The summed E-state index contributed by atoms with van der Waals surface area (Å²) in [5.41, 5.74) is 2.65. The highest BCUT2D eigenvalue weighted by Crippen LogP contribution is 2.23. The minimum Gasteiger partial charge on any atom is -0.361 e. The third-order valence-electron chi connectivity index (χ3n) is 2.34. The van der Waals surface area contributed by atoms with Crippen LogP contribution in [0.4, 0.5) is 5.69 Å². The molecule has 0 aliphatic carbocycles. The van der Waals surface area contributed by atoms with Crippen LogP contribution in [0.3, 0.4) is 0 Å². The number of hydrogen-bond acceptors (Lipinski definition) is 3. The Kier molecular flexibility index (Phi) is 2.51. The van der Waals surface area contributed by atoms with E-state index in [1.807, 2.05) is 26.4 Å². The van der Waals surface area contributed by atoms with Gasteiger partial charge in [-0.3, -0.25) is 0 Å². The van der Waals surface area contributed by atoms with Crippen LogP contribution < -0.4 is 0 Å². The normalized spacial score (nSPS) is 11.1. The molecule has 0 spiro atoms. The van der Waals surface area contributed by atoms with Crippen LogP contribution in [0.2, 0.25) is 0 Å². The van der Waals surface area contributed by atoms with Crippen LogP contribution in [0.5, 0.6) is 0 Å². The van der Waals surface area contributed by atoms with Crippen molar-refractivity contribution in [2.24, 2.45) is 5.18 Å². The lowest BCUT2D eigenvalue weighted by Gasteiger charge is -2.07. The number of H-pyrrole nitrogens is 1. The SMILES string of the molecule is CN(C)Cc1c[nH]c2cc(N=O)ccc12. The Morgan fingerprint density at radius 1 is 1.40 bits per heavy atom. The molecule has 0 saturated heterocycles. The zero-order valence-corrected chi connectivity index (χ0v) is 8.82. The van der Waals surface area contributed by atoms with E-state index in [4.69, 9.17) is 0 Å². The quantitative estimate of drug-likeness (QED) is 0.779. The van der Waals surface area contributed by atoms with Crippen LogP contribution in [0.1, 0.15) is 5.56 Å². The van der Waals surface area contributed by atoms with Crippen molar-refractivity contribution in [2.75, 3.05) is 14.1 Å². The molecule has 0 unspecified atom stereocenters. The summed E-state index contributed by atoms with van der Waals surface area (Å²) >= 11 is 0. The predicted octanol–water partition coefficient (Wildman–Crippen LogP) is 2.63. The van der Waals surface area contributed by atoms with Crippen molar-refractivity contribution in [1.29, 1.82) is 0 Å². The maximum atomic E-state index is 10.4. The first-order valence-corrected chi connectivity index (χ1v) is 4.79. The molecule has 2 rings (SSSR count). The fourth-order valence-electron chi connectivity index (χ4n) is 1.70. The highest BCUT2D eigenvalue weighted by Gasteiger charge is 2.05. The van der Waals surface area contributed by atoms with E-state index in [0.717, 1.165) is 17.4 Å². The molecule has 0 radical (unpaired) electrons. The Hall–Kier alpha value is -1.68. The van der Waals surface area contributed by atoms with Gasteiger partial charge in [0.2, 0.25) is 0 Å². The molecular formula is C11H13N3O. The van der Waals surface area contributed by atoms with Crippen molar-refractivity contribution >= 4 is 16.6 Å². The molecule has 1 N–H and O–H groups in total. The number of rotatable bonds is 3. The summed E-state index contributed by atoms with van der Waals surface area (Å²) in [5.74, 6) is 0. The number of nitroso groups, excluding NO2 is 1. The third kappa shape index (κ3) is 1.89. The second-order valence-electron chi connectivity index (χ2n) is 3.87. The van der Waals surface area contributed by atoms with E-state index < -0.39 is 0 Å². The van der Waals surface area contributed by atoms with Gasteiger partial charge >= 0.3 is 0 Å². The first-order chi connectivity index (χ1) is 7.20. The Labute approximate surface area is 87.9 Å². The van der Waals surface area contributed by atoms with E-state index in [1.165, 1.54) is 5.56 Å². The largest absolute Gasteiger partial charge is 0.361 e. The molecule has 0 saturated carbocycles. The summed E-state index contributed by atoms with van der Waals surface area (Å²) < 4.78 is 0. The van der Waals surface area contributed by atoms with Gasteiger partial charge < -0.3 is 9.88 Å². The Morgan fingerprint density at radius 2 is 2.20 bits per heavy atom. The molecule has 1 aromatic heterocycles. The van der Waals surface area contributed by atoms with Gasteiger partial charge in [-0.25, -0.2) is 0 Å². The number of fused-ring (bicyclic) bond motifs is 1. The molecule has 15 heavy (non-hydrogen) atoms. The predicted molar refractivity (Wildman–Crippen MR) is 61.1 cm³/mol. The zero-order chi connectivity index (χ0) is 10.8. The van der Waals surface area contributed by atoms with Gasteiger partial charge in [0.25, 0.3) is 0 Å². The van der Waals surface area contributed by atoms with Crippen LogP contribution in [-0.2, 0) is 6.54 Å². The van der Waals surface area contributed by atoms with Crippen molar-refractivity contribution in [3.05, 3.63) is 34.9 Å². The monoisotopic (exact) mass is 203 g/mol. The van der Waals surface area contributed by atoms with Gasteiger partial charge in [-0.1, -0.05) is 6.07 Å². The molecular weight excluding hydrogens is 190 g/mol. The number of benzene rings is 1. The minimum atomic E-state index is 0.459. The third-order valence-corrected chi connectivity index (χ3v) is 2.34. The molecule has 2 aromatic rings. The van der Waals surface area contributed by atoms with Gasteiger partial charge in [-0.15, -0.1) is 4.91 Å². The number of aromatic amines is 1. The van der Waals surface area contributed by atoms with Crippen molar-refractivity contribution in [2.45, 2.75) is 6.54 Å². The van der Waals surface area contributed by atoms with Crippen LogP contribution >= 0.6 is 0 Å². The lowest BCUT2D eigenvalue weighted by molar-refractivity contribution is 0.404. The molecule has 0 aliphatic rings. The molecule has 4 heteroatoms. The number of nitrogens with one attached hydrogen (secondary N) is 1. The molecule has 0 fully saturated rings. The van der Waals surface area contributed by atoms with Crippen LogP contribution in [0, 0.1) is 4.91 Å². The molecule has 1 heterocycles. The number of aromatic nitrogens is 1. The molecule has 1 aromatic carbocycles. The van der Waals surface area contributed by atoms with E-state index in [-0.39, 0.29) is 0 Å². The highest BCUT2D eigenvalue weighted by molar-refractivity contribution is 5.85. The van der Waals surface area contributed by atoms with Crippen LogP contribution in [0.15, 0.2) is 29.6 Å². The summed E-state index contributed by atoms with van der Waals surface area (Å²) in [6.45, 7) is 0.883. The standard InChI is InChI=1S/C11H13N3O/c1-14(2)7-8-6-12-11-5-9(13-15)3-4-10(8)11/h3-6,12H,7H2,1-2H3. The fraction of sp³-hybridized carbons (Fsp3) is 0.273. The lowest BCUT2D eigenvalue weighted by atomic mass is 10.1. The Balaban J connectivity index is 2.47. The molecule has 0 aliphatic heterocycles. The number of hydrogen-bond donors (Lipinski definition) is 1. The smallest absolute Gasteiger partial charge is 0.110 e. The van der Waals surface area contributed by atoms with Crippen molar-refractivity contribution in [3.8, 4) is 0 Å². The first-order valence-electron chi connectivity index (χ1n) is 4.79. The van der Waals surface area contributed by atoms with Gasteiger partial charge in [-0.05, 0) is 37.0 Å². The van der Waals surface area contributed by atoms with Crippen LogP contribution in [-0.4, -0.2) is 24.0 Å². The number of nitrogens with zero attached hydrogens (tertiary/aromatic N) is 2. The van der Waals surface area contributed by atoms with E-state index in [0.29, 0.717) is 5.69 Å². The topological polar surface area (TPSA) is 48.5 Å². The zero-order valence-electron chi connectivity index (χ0n) is 8.82. The summed E-state index contributed by atoms with van der Waals surface area (Å²) in [4.78, 5) is 15.6. The van der Waals surface area contributed by atoms with Gasteiger partial charge in [0.1, 0.15) is 5.69 Å². The molecule has 0 atom stereocenters. The molecule has 0 bridgehead atoms. The summed E-state index contributed by atoms with van der Waals surface area (Å²) in [6.07, 6.45) is 1.97. The van der Waals surface area contributed by atoms with E-state index in [9.17, 15) is 4.91 Å². The maximum Gasteiger partial charge on any atom is 0.110 e. The van der Waals surface area contributed by atoms with Gasteiger partial charge in [0.05, 0.1) is 0 Å². The fourth-order valence-corrected chi connectivity index (χ4v) is 1.70. The van der Waals surface area contributed by atoms with Crippen molar-refractivity contribution < 1.29 is 0 Å². The van der Waals surface area contributed by atoms with Gasteiger partial charge in [-0.2, -0.15) is 0 Å². The lowest BCUT2D eigenvalue weighted by Crippen LogP contribution is -2.09. The summed E-state index contributed by atoms with van der Waals surface area (Å²) in [6, 6.07) is 5.44. The Morgan fingerprint density at radius 3 is 2.87 bits per heavy atom. The van der Waals surface area contributed by atoms with Crippen LogP contribution in [0.25, 0.3) is 10.9 Å². The van der Waals surface area contributed by atoms with E-state index in [2.05, 4.69) is 15.1 Å². The first kappa shape index (κ1) is 9.86. The summed E-state index contributed by atoms with van der Waals surface area (Å²) in [7, 11) is 4.06. The highest BCUT2D eigenvalue weighted by atomic mass is 16.3.